The summed E-state index contributed by atoms with van der Waals surface area (Å²) >= 11 is 6.15. The molecular weight excluding hydrogens is 782 g/mol. The summed E-state index contributed by atoms with van der Waals surface area (Å²) in [7, 11) is -4.54. The molecule has 3 aliphatic heterocycles. The minimum Gasteiger partial charge on any atom is -0.455 e. The minimum atomic E-state index is -4.54. The molecule has 1 atom stereocenters. The van der Waals surface area contributed by atoms with E-state index in [2.05, 4.69) is 48.9 Å². The van der Waals surface area contributed by atoms with Crippen molar-refractivity contribution in [3.63, 3.8) is 0 Å². The molecule has 3 saturated heterocycles. The first kappa shape index (κ1) is 39.6. The molecule has 3 fully saturated rings. The second-order valence-electron chi connectivity index (χ2n) is 15.5. The van der Waals surface area contributed by atoms with Crippen LogP contribution in [-0.4, -0.2) is 80.1 Å². The van der Waals surface area contributed by atoms with E-state index in [1.807, 2.05) is 18.2 Å². The molecule has 0 bridgehead atoms. The van der Waals surface area contributed by atoms with Gasteiger partial charge >= 0.3 is 0 Å². The molecule has 3 aliphatic rings. The Labute approximate surface area is 342 Å². The van der Waals surface area contributed by atoms with E-state index in [1.54, 1.807) is 30.5 Å². The van der Waals surface area contributed by atoms with Crippen molar-refractivity contribution >= 4 is 55.6 Å². The maximum absolute atomic E-state index is 13.9. The van der Waals surface area contributed by atoms with E-state index in [-0.39, 0.29) is 28.3 Å². The Morgan fingerprint density at radius 2 is 1.83 bits per heavy atom. The zero-order valence-corrected chi connectivity index (χ0v) is 33.7. The Hall–Kier alpha value is -5.22. The molecule has 1 unspecified atom stereocenters. The minimum absolute atomic E-state index is 0.0262. The number of aromatic nitrogens is 2. The molecule has 0 radical (unpaired) electrons. The summed E-state index contributed by atoms with van der Waals surface area (Å²) in [5.74, 6) is -0.164. The lowest BCUT2D eigenvalue weighted by Gasteiger charge is -2.56. The maximum atomic E-state index is 13.9. The van der Waals surface area contributed by atoms with Gasteiger partial charge in [0, 0.05) is 86.4 Å². The number of amides is 1. The van der Waals surface area contributed by atoms with Gasteiger partial charge in [0.1, 0.15) is 22.8 Å². The van der Waals surface area contributed by atoms with Crippen LogP contribution < -0.4 is 19.7 Å². The number of carbonyl (C=O) groups excluding carboxylic acids is 1. The summed E-state index contributed by atoms with van der Waals surface area (Å²) in [6.07, 6.45) is 7.96. The van der Waals surface area contributed by atoms with Crippen molar-refractivity contribution in [3.8, 4) is 11.5 Å². The molecule has 2 aromatic heterocycles. The SMILES string of the molecule is CCC(c1ccc(Cl)cc1)N1CC2(CCN(c3ccc(C(=O)NS(=O)(=O)c4ccc(NCC5CCOCC5)c([N+](=O)[O-])c4)c(Oc4cnc5[nH]ccc5c4)c3)CC2)C1. The van der Waals surface area contributed by atoms with Crippen LogP contribution in [0, 0.1) is 21.4 Å². The molecule has 0 saturated carbocycles. The highest BCUT2D eigenvalue weighted by Gasteiger charge is 2.47. The summed E-state index contributed by atoms with van der Waals surface area (Å²) in [4.78, 5) is 37.1. The molecule has 0 aliphatic carbocycles. The number of fused-ring (bicyclic) bond motifs is 1. The fourth-order valence-corrected chi connectivity index (χ4v) is 9.59. The molecule has 304 valence electrons. The number of rotatable bonds is 13. The number of nitrogens with zero attached hydrogens (tertiary/aromatic N) is 4. The first-order valence-electron chi connectivity index (χ1n) is 19.7. The second kappa shape index (κ2) is 16.6. The van der Waals surface area contributed by atoms with Gasteiger partial charge in [0.15, 0.2) is 0 Å². The molecule has 5 heterocycles. The van der Waals surface area contributed by atoms with Crippen molar-refractivity contribution in [2.24, 2.45) is 11.3 Å². The molecule has 1 spiro atoms. The van der Waals surface area contributed by atoms with E-state index >= 15 is 0 Å². The maximum Gasteiger partial charge on any atom is 0.293 e. The Balaban J connectivity index is 0.990. The molecule has 5 aromatic rings. The predicted molar refractivity (Wildman–Crippen MR) is 222 cm³/mol. The van der Waals surface area contributed by atoms with Crippen LogP contribution in [0.2, 0.25) is 5.02 Å². The third kappa shape index (κ3) is 8.48. The lowest BCUT2D eigenvalue weighted by molar-refractivity contribution is -0.384. The number of benzene rings is 3. The lowest BCUT2D eigenvalue weighted by atomic mass is 9.70. The van der Waals surface area contributed by atoms with Crippen LogP contribution in [0.3, 0.4) is 0 Å². The number of nitro groups is 1. The number of carbonyl (C=O) groups is 1. The van der Waals surface area contributed by atoms with Gasteiger partial charge in [0.05, 0.1) is 21.6 Å². The van der Waals surface area contributed by atoms with Crippen molar-refractivity contribution in [3.05, 3.63) is 111 Å². The molecule has 14 nitrogen and oxygen atoms in total. The van der Waals surface area contributed by atoms with E-state index in [0.29, 0.717) is 37.2 Å². The summed E-state index contributed by atoms with van der Waals surface area (Å²) in [5.41, 5.74) is 2.78. The van der Waals surface area contributed by atoms with Crippen molar-refractivity contribution in [2.45, 2.75) is 50.0 Å². The predicted octanol–water partition coefficient (Wildman–Crippen LogP) is 7.93. The van der Waals surface area contributed by atoms with Gasteiger partial charge in [-0.25, -0.2) is 18.1 Å². The molecule has 1 amide bonds. The Bertz CT molecular complexity index is 2400. The van der Waals surface area contributed by atoms with E-state index in [4.69, 9.17) is 21.1 Å². The fraction of sp³-hybridized carbons (Fsp3) is 0.381. The average molecular weight is 828 g/mol. The van der Waals surface area contributed by atoms with Gasteiger partial charge in [-0.1, -0.05) is 30.7 Å². The number of pyridine rings is 1. The van der Waals surface area contributed by atoms with Crippen LogP contribution in [-0.2, 0) is 14.8 Å². The number of aromatic amines is 1. The average Bonchev–Trinajstić information content (AvgIpc) is 3.69. The van der Waals surface area contributed by atoms with Crippen LogP contribution in [0.4, 0.5) is 17.1 Å². The normalized spacial score (nSPS) is 17.8. The first-order valence-corrected chi connectivity index (χ1v) is 21.5. The van der Waals surface area contributed by atoms with E-state index in [9.17, 15) is 23.3 Å². The van der Waals surface area contributed by atoms with Crippen molar-refractivity contribution in [1.29, 1.82) is 0 Å². The van der Waals surface area contributed by atoms with Gasteiger partial charge in [0.2, 0.25) is 0 Å². The molecular formula is C42H46ClN7O7S. The molecule has 3 N–H and O–H groups in total. The number of hydrogen-bond donors (Lipinski definition) is 3. The van der Waals surface area contributed by atoms with Crippen molar-refractivity contribution in [1.82, 2.24) is 19.6 Å². The molecule has 8 rings (SSSR count). The summed E-state index contributed by atoms with van der Waals surface area (Å²) in [6, 6.07) is 20.8. The third-order valence-electron chi connectivity index (χ3n) is 11.8. The smallest absolute Gasteiger partial charge is 0.293 e. The zero-order chi connectivity index (χ0) is 40.4. The van der Waals surface area contributed by atoms with Crippen LogP contribution in [0.15, 0.2) is 90.1 Å². The van der Waals surface area contributed by atoms with Gasteiger partial charge in [-0.15, -0.1) is 0 Å². The number of sulfonamides is 1. The number of ether oxygens (including phenoxy) is 2. The van der Waals surface area contributed by atoms with E-state index < -0.39 is 31.4 Å². The zero-order valence-electron chi connectivity index (χ0n) is 32.2. The lowest BCUT2D eigenvalue weighted by Crippen LogP contribution is -2.61. The Morgan fingerprint density at radius 3 is 2.55 bits per heavy atom. The topological polar surface area (TPSA) is 172 Å². The second-order valence-corrected chi connectivity index (χ2v) is 17.7. The quantitative estimate of drug-likeness (QED) is 0.0778. The molecule has 16 heteroatoms. The van der Waals surface area contributed by atoms with Gasteiger partial charge in [-0.3, -0.25) is 19.8 Å². The number of piperidine rings is 1. The van der Waals surface area contributed by atoms with Crippen molar-refractivity contribution < 1.29 is 27.6 Å². The largest absolute Gasteiger partial charge is 0.455 e. The van der Waals surface area contributed by atoms with Gasteiger partial charge in [-0.05, 0) is 97.5 Å². The van der Waals surface area contributed by atoms with E-state index in [1.165, 1.54) is 23.9 Å². The van der Waals surface area contributed by atoms with Crippen LogP contribution in [0.25, 0.3) is 11.0 Å². The Morgan fingerprint density at radius 1 is 1.07 bits per heavy atom. The molecule has 3 aromatic carbocycles. The number of nitrogens with one attached hydrogen (secondary N) is 3. The van der Waals surface area contributed by atoms with Crippen LogP contribution in [0.5, 0.6) is 11.5 Å². The Kier molecular flexibility index (Phi) is 11.3. The van der Waals surface area contributed by atoms with Crippen LogP contribution >= 0.6 is 11.6 Å². The standard InChI is InChI=1S/C42H46ClN7O7S/c1-2-37(29-3-5-31(43)6-4-29)49-26-42(27-49)14-17-48(18-15-42)32-7-9-35(39(22-32)57-33-21-30-11-16-44-40(30)46-25-33)41(51)47-58(54,55)34-8-10-36(38(23-34)50(52)53)45-24-28-12-19-56-20-13-28/h3-11,16,21-23,25,28,37,45H,2,12-15,17-20,24,26-27H2,1H3,(H,44,46)(H,47,51). The highest BCUT2D eigenvalue weighted by molar-refractivity contribution is 7.90. The summed E-state index contributed by atoms with van der Waals surface area (Å²) in [6.45, 7) is 7.62. The third-order valence-corrected chi connectivity index (χ3v) is 13.4. The number of hydrogen-bond acceptors (Lipinski definition) is 11. The highest BCUT2D eigenvalue weighted by Crippen LogP contribution is 2.46. The number of H-pyrrole nitrogens is 1. The number of nitro benzene ring substituents is 1. The highest BCUT2D eigenvalue weighted by atomic mass is 35.5. The first-order chi connectivity index (χ1) is 28.0. The summed E-state index contributed by atoms with van der Waals surface area (Å²) < 4.78 is 41.1. The summed E-state index contributed by atoms with van der Waals surface area (Å²) in [5, 5.41) is 16.7. The van der Waals surface area contributed by atoms with Gasteiger partial charge < -0.3 is 24.7 Å². The number of likely N-dealkylation sites (tertiary alicyclic amines) is 1. The van der Waals surface area contributed by atoms with Crippen LogP contribution in [0.1, 0.15) is 61.0 Å². The number of anilines is 2. The molecule has 58 heavy (non-hydrogen) atoms. The van der Waals surface area contributed by atoms with Gasteiger partial charge in [-0.2, -0.15) is 0 Å². The number of halogens is 1. The van der Waals surface area contributed by atoms with Crippen molar-refractivity contribution in [2.75, 3.05) is 56.2 Å². The monoisotopic (exact) mass is 827 g/mol. The van der Waals surface area contributed by atoms with Gasteiger partial charge in [0.25, 0.3) is 21.6 Å². The fourth-order valence-electron chi connectivity index (χ4n) is 8.48. The van der Waals surface area contributed by atoms with E-state index in [0.717, 1.165) is 80.4 Å².